The summed E-state index contributed by atoms with van der Waals surface area (Å²) in [6, 6.07) is 13.4. The molecule has 168 valence electrons. The van der Waals surface area contributed by atoms with Crippen molar-refractivity contribution in [3.8, 4) is 11.3 Å². The molecule has 3 amide bonds. The summed E-state index contributed by atoms with van der Waals surface area (Å²) in [5.74, 6) is -0.251. The third-order valence-electron chi connectivity index (χ3n) is 4.73. The van der Waals surface area contributed by atoms with Crippen molar-refractivity contribution in [2.24, 2.45) is 0 Å². The van der Waals surface area contributed by atoms with E-state index in [1.807, 2.05) is 6.92 Å². The summed E-state index contributed by atoms with van der Waals surface area (Å²) >= 11 is 18.9. The van der Waals surface area contributed by atoms with Gasteiger partial charge >= 0.3 is 0 Å². The van der Waals surface area contributed by atoms with E-state index in [0.29, 0.717) is 37.8 Å². The molecular formula is C23H15Cl3N2O4S. The average Bonchev–Trinajstić information content (AvgIpc) is 3.31. The second-order valence-corrected chi connectivity index (χ2v) is 9.35. The maximum absolute atomic E-state index is 12.7. The highest BCUT2D eigenvalue weighted by molar-refractivity contribution is 8.18. The van der Waals surface area contributed by atoms with Crippen molar-refractivity contribution < 1.29 is 18.8 Å². The third kappa shape index (κ3) is 5.28. The SMILES string of the molecule is Cc1ccc(NC(=O)CN2C(=O)S/C(=C/c3ccc(-c4ccc(Cl)cc4Cl)o3)C2=O)cc1Cl. The number of carbonyl (C=O) groups excluding carboxylic acids is 3. The molecule has 1 aromatic heterocycles. The van der Waals surface area contributed by atoms with Crippen molar-refractivity contribution in [3.05, 3.63) is 79.8 Å². The number of hydrogen-bond acceptors (Lipinski definition) is 5. The summed E-state index contributed by atoms with van der Waals surface area (Å²) in [7, 11) is 0. The third-order valence-corrected chi connectivity index (χ3v) is 6.59. The number of nitrogens with one attached hydrogen (secondary N) is 1. The van der Waals surface area contributed by atoms with Crippen molar-refractivity contribution in [3.63, 3.8) is 0 Å². The number of rotatable bonds is 5. The number of benzene rings is 2. The van der Waals surface area contributed by atoms with Crippen molar-refractivity contribution in [1.29, 1.82) is 0 Å². The monoisotopic (exact) mass is 520 g/mol. The van der Waals surface area contributed by atoms with Crippen LogP contribution in [0.4, 0.5) is 10.5 Å². The van der Waals surface area contributed by atoms with Crippen LogP contribution in [0, 0.1) is 6.92 Å². The highest BCUT2D eigenvalue weighted by Crippen LogP contribution is 2.35. The van der Waals surface area contributed by atoms with E-state index in [0.717, 1.165) is 22.2 Å². The number of hydrogen-bond donors (Lipinski definition) is 1. The van der Waals surface area contributed by atoms with Gasteiger partial charge in [-0.2, -0.15) is 0 Å². The fraction of sp³-hybridized carbons (Fsp3) is 0.0870. The molecule has 0 bridgehead atoms. The summed E-state index contributed by atoms with van der Waals surface area (Å²) in [4.78, 5) is 38.4. The number of thioether (sulfide) groups is 1. The first kappa shape index (κ1) is 23.4. The molecule has 0 saturated carbocycles. The molecule has 0 unspecified atom stereocenters. The van der Waals surface area contributed by atoms with Crippen molar-refractivity contribution in [2.75, 3.05) is 11.9 Å². The molecule has 0 atom stereocenters. The molecule has 1 saturated heterocycles. The van der Waals surface area contributed by atoms with Gasteiger partial charge in [0.25, 0.3) is 11.1 Å². The van der Waals surface area contributed by atoms with Crippen LogP contribution in [0.1, 0.15) is 11.3 Å². The predicted molar refractivity (Wildman–Crippen MR) is 132 cm³/mol. The summed E-state index contributed by atoms with van der Waals surface area (Å²) in [6.45, 7) is 1.42. The maximum atomic E-state index is 12.7. The van der Waals surface area contributed by atoms with Crippen LogP contribution < -0.4 is 5.32 Å². The van der Waals surface area contributed by atoms with Gasteiger partial charge < -0.3 is 9.73 Å². The van der Waals surface area contributed by atoms with E-state index >= 15 is 0 Å². The second-order valence-electron chi connectivity index (χ2n) is 7.11. The first-order valence-corrected chi connectivity index (χ1v) is 11.5. The van der Waals surface area contributed by atoms with Crippen LogP contribution >= 0.6 is 46.6 Å². The smallest absolute Gasteiger partial charge is 0.294 e. The molecule has 10 heteroatoms. The largest absolute Gasteiger partial charge is 0.457 e. The fourth-order valence-corrected chi connectivity index (χ4v) is 4.55. The molecule has 3 aromatic rings. The van der Waals surface area contributed by atoms with Crippen LogP contribution in [0.25, 0.3) is 17.4 Å². The number of anilines is 1. The van der Waals surface area contributed by atoms with Gasteiger partial charge in [0, 0.05) is 27.4 Å². The second kappa shape index (κ2) is 9.65. The normalized spacial score (nSPS) is 14.9. The Morgan fingerprint density at radius 2 is 1.85 bits per heavy atom. The number of imide groups is 1. The summed E-state index contributed by atoms with van der Waals surface area (Å²) in [5, 5.41) is 3.51. The zero-order valence-corrected chi connectivity index (χ0v) is 20.1. The van der Waals surface area contributed by atoms with E-state index in [1.54, 1.807) is 48.5 Å². The predicted octanol–water partition coefficient (Wildman–Crippen LogP) is 6.89. The van der Waals surface area contributed by atoms with Crippen LogP contribution in [0.5, 0.6) is 0 Å². The molecule has 1 fully saturated rings. The van der Waals surface area contributed by atoms with Crippen LogP contribution in [0.2, 0.25) is 15.1 Å². The lowest BCUT2D eigenvalue weighted by Crippen LogP contribution is -2.36. The zero-order chi connectivity index (χ0) is 23.7. The van der Waals surface area contributed by atoms with E-state index in [9.17, 15) is 14.4 Å². The maximum Gasteiger partial charge on any atom is 0.294 e. The Balaban J connectivity index is 1.46. The van der Waals surface area contributed by atoms with Crippen LogP contribution in [-0.2, 0) is 9.59 Å². The van der Waals surface area contributed by atoms with Crippen LogP contribution in [-0.4, -0.2) is 28.5 Å². The highest BCUT2D eigenvalue weighted by Gasteiger charge is 2.36. The molecule has 1 aliphatic heterocycles. The number of nitrogens with zero attached hydrogens (tertiary/aromatic N) is 1. The van der Waals surface area contributed by atoms with E-state index < -0.39 is 23.6 Å². The molecule has 2 heterocycles. The lowest BCUT2D eigenvalue weighted by atomic mass is 10.2. The van der Waals surface area contributed by atoms with Gasteiger partial charge in [-0.3, -0.25) is 19.3 Å². The number of amides is 3. The van der Waals surface area contributed by atoms with Gasteiger partial charge in [-0.05, 0) is 66.7 Å². The van der Waals surface area contributed by atoms with Crippen molar-refractivity contribution >= 4 is 75.4 Å². The highest BCUT2D eigenvalue weighted by atomic mass is 35.5. The van der Waals surface area contributed by atoms with Crippen LogP contribution in [0.3, 0.4) is 0 Å². The molecule has 0 aliphatic carbocycles. The number of furan rings is 1. The van der Waals surface area contributed by atoms with Crippen molar-refractivity contribution in [1.82, 2.24) is 4.90 Å². The summed E-state index contributed by atoms with van der Waals surface area (Å²) < 4.78 is 5.76. The molecule has 2 aromatic carbocycles. The first-order chi connectivity index (χ1) is 15.7. The summed E-state index contributed by atoms with van der Waals surface area (Å²) in [6.07, 6.45) is 1.45. The zero-order valence-electron chi connectivity index (χ0n) is 17.0. The van der Waals surface area contributed by atoms with Gasteiger partial charge in [0.15, 0.2) is 0 Å². The number of carbonyl (C=O) groups is 3. The Bertz CT molecular complexity index is 1320. The van der Waals surface area contributed by atoms with E-state index in [2.05, 4.69) is 5.32 Å². The molecule has 33 heavy (non-hydrogen) atoms. The van der Waals surface area contributed by atoms with E-state index in [4.69, 9.17) is 39.2 Å². The standard InChI is InChI=1S/C23H15Cl3N2O4S/c1-12-2-4-14(9-17(12)25)27-21(29)11-28-22(30)20(33-23(28)31)10-15-5-7-19(32-15)16-6-3-13(24)8-18(16)26/h2-10H,11H2,1H3,(H,27,29)/b20-10+. The molecular weight excluding hydrogens is 507 g/mol. The minimum absolute atomic E-state index is 0.147. The average molecular weight is 522 g/mol. The quantitative estimate of drug-likeness (QED) is 0.370. The fourth-order valence-electron chi connectivity index (χ4n) is 3.04. The van der Waals surface area contributed by atoms with Crippen LogP contribution in [0.15, 0.2) is 57.9 Å². The van der Waals surface area contributed by atoms with Crippen molar-refractivity contribution in [2.45, 2.75) is 6.92 Å². The minimum atomic E-state index is -0.579. The molecule has 6 nitrogen and oxygen atoms in total. The Morgan fingerprint density at radius 1 is 1.06 bits per heavy atom. The van der Waals surface area contributed by atoms with Gasteiger partial charge in [-0.1, -0.05) is 40.9 Å². The van der Waals surface area contributed by atoms with Gasteiger partial charge in [0.05, 0.1) is 9.93 Å². The summed E-state index contributed by atoms with van der Waals surface area (Å²) in [5.41, 5.74) is 1.98. The van der Waals surface area contributed by atoms with Gasteiger partial charge in [-0.25, -0.2) is 0 Å². The minimum Gasteiger partial charge on any atom is -0.457 e. The molecule has 1 aliphatic rings. The topological polar surface area (TPSA) is 79.6 Å². The number of aryl methyl sites for hydroxylation is 1. The van der Waals surface area contributed by atoms with Gasteiger partial charge in [0.1, 0.15) is 18.1 Å². The molecule has 0 radical (unpaired) electrons. The Hall–Kier alpha value is -2.71. The first-order valence-electron chi connectivity index (χ1n) is 9.58. The Kier molecular flexibility index (Phi) is 6.86. The molecule has 1 N–H and O–H groups in total. The van der Waals surface area contributed by atoms with Gasteiger partial charge in [-0.15, -0.1) is 0 Å². The molecule has 0 spiro atoms. The lowest BCUT2D eigenvalue weighted by Gasteiger charge is -2.12. The lowest BCUT2D eigenvalue weighted by molar-refractivity contribution is -0.127. The number of halogens is 3. The van der Waals surface area contributed by atoms with E-state index in [1.165, 1.54) is 6.08 Å². The Morgan fingerprint density at radius 3 is 2.58 bits per heavy atom. The van der Waals surface area contributed by atoms with Gasteiger partial charge in [0.2, 0.25) is 5.91 Å². The molecule has 4 rings (SSSR count). The Labute approximate surface area is 208 Å². The van der Waals surface area contributed by atoms with E-state index in [-0.39, 0.29) is 4.91 Å².